The maximum Gasteiger partial charge on any atom is 0.190 e. The highest BCUT2D eigenvalue weighted by molar-refractivity contribution is 7.13. The molecule has 5 heteroatoms. The minimum absolute atomic E-state index is 0.503. The van der Waals surface area contributed by atoms with Crippen LogP contribution in [0.4, 0.5) is 0 Å². The highest BCUT2D eigenvalue weighted by atomic mass is 35.5. The highest BCUT2D eigenvalue weighted by Crippen LogP contribution is 2.22. The fourth-order valence-corrected chi connectivity index (χ4v) is 1.81. The molecule has 0 fully saturated rings. The highest BCUT2D eigenvalue weighted by Gasteiger charge is 2.09. The molecule has 0 aliphatic rings. The third-order valence-corrected chi connectivity index (χ3v) is 3.09. The number of halogens is 1. The molecule has 0 aromatic carbocycles. The predicted octanol–water partition coefficient (Wildman–Crippen LogP) is 2.87. The summed E-state index contributed by atoms with van der Waals surface area (Å²) in [5.74, 6) is 0.605. The van der Waals surface area contributed by atoms with E-state index in [0.29, 0.717) is 11.0 Å². The zero-order valence-electron chi connectivity index (χ0n) is 7.78. The molecule has 0 saturated carbocycles. The maximum atomic E-state index is 5.96. The van der Waals surface area contributed by atoms with Gasteiger partial charge in [-0.25, -0.2) is 15.0 Å². The number of hydrogen-bond donors (Lipinski definition) is 0. The lowest BCUT2D eigenvalue weighted by molar-refractivity contribution is 1.07. The third-order valence-electron chi connectivity index (χ3n) is 1.95. The molecule has 0 N–H and O–H groups in total. The van der Waals surface area contributed by atoms with Crippen LogP contribution in [0.2, 0.25) is 5.15 Å². The summed E-state index contributed by atoms with van der Waals surface area (Å²) in [6.07, 6.45) is 1.73. The molecule has 14 heavy (non-hydrogen) atoms. The lowest BCUT2D eigenvalue weighted by Gasteiger charge is -2.02. The zero-order chi connectivity index (χ0) is 10.1. The maximum absolute atomic E-state index is 5.96. The van der Waals surface area contributed by atoms with E-state index < -0.39 is 0 Å². The van der Waals surface area contributed by atoms with E-state index in [2.05, 4.69) is 15.0 Å². The van der Waals surface area contributed by atoms with E-state index in [1.807, 2.05) is 19.2 Å². The van der Waals surface area contributed by atoms with Gasteiger partial charge in [0.15, 0.2) is 10.8 Å². The van der Waals surface area contributed by atoms with Gasteiger partial charge in [0.05, 0.1) is 0 Å². The lowest BCUT2D eigenvalue weighted by atomic mass is 10.3. The van der Waals surface area contributed by atoms with E-state index in [-0.39, 0.29) is 0 Å². The molecule has 72 valence electrons. The van der Waals surface area contributed by atoms with Gasteiger partial charge in [0.25, 0.3) is 0 Å². The number of hydrogen-bond acceptors (Lipinski definition) is 4. The Morgan fingerprint density at radius 1 is 1.29 bits per heavy atom. The van der Waals surface area contributed by atoms with Crippen LogP contribution in [0, 0.1) is 13.8 Å². The van der Waals surface area contributed by atoms with Gasteiger partial charge in [0.2, 0.25) is 0 Å². The number of aromatic nitrogens is 3. The average molecular weight is 226 g/mol. The van der Waals surface area contributed by atoms with Crippen LogP contribution in [-0.4, -0.2) is 15.0 Å². The summed E-state index contributed by atoms with van der Waals surface area (Å²) in [6, 6.07) is 0. The van der Waals surface area contributed by atoms with Crippen LogP contribution < -0.4 is 0 Å². The number of nitrogens with zero attached hydrogens (tertiary/aromatic N) is 3. The number of thiazole rings is 1. The van der Waals surface area contributed by atoms with Crippen LogP contribution in [0.15, 0.2) is 11.6 Å². The summed E-state index contributed by atoms with van der Waals surface area (Å²) in [4.78, 5) is 12.6. The molecule has 0 spiro atoms. The van der Waals surface area contributed by atoms with Crippen molar-refractivity contribution < 1.29 is 0 Å². The Morgan fingerprint density at radius 2 is 2.07 bits per heavy atom. The van der Waals surface area contributed by atoms with Crippen molar-refractivity contribution in [2.45, 2.75) is 13.8 Å². The minimum Gasteiger partial charge on any atom is -0.241 e. The molecule has 0 bridgehead atoms. The van der Waals surface area contributed by atoms with Gasteiger partial charge in [-0.3, -0.25) is 0 Å². The van der Waals surface area contributed by atoms with E-state index in [4.69, 9.17) is 11.6 Å². The monoisotopic (exact) mass is 225 g/mol. The zero-order valence-corrected chi connectivity index (χ0v) is 9.35. The summed E-state index contributed by atoms with van der Waals surface area (Å²) in [5.41, 5.74) is 1.82. The van der Waals surface area contributed by atoms with Crippen molar-refractivity contribution in [3.8, 4) is 10.8 Å². The molecule has 3 nitrogen and oxygen atoms in total. The SMILES string of the molecule is Cc1nc(-c2nccs2)nc(Cl)c1C. The second kappa shape index (κ2) is 3.63. The van der Waals surface area contributed by atoms with Crippen LogP contribution in [0.25, 0.3) is 10.8 Å². The lowest BCUT2D eigenvalue weighted by Crippen LogP contribution is -1.95. The Hall–Kier alpha value is -1.00. The Morgan fingerprint density at radius 3 is 2.64 bits per heavy atom. The molecule has 2 aromatic heterocycles. The first-order chi connectivity index (χ1) is 6.68. The summed E-state index contributed by atoms with van der Waals surface area (Å²) < 4.78 is 0. The Labute approximate surface area is 90.8 Å². The van der Waals surface area contributed by atoms with E-state index >= 15 is 0 Å². The molecule has 0 amide bonds. The van der Waals surface area contributed by atoms with Gasteiger partial charge in [-0.05, 0) is 13.8 Å². The Kier molecular flexibility index (Phi) is 2.48. The second-order valence-electron chi connectivity index (χ2n) is 2.89. The Bertz CT molecular complexity index is 430. The van der Waals surface area contributed by atoms with Crippen molar-refractivity contribution in [2.75, 3.05) is 0 Å². The summed E-state index contributed by atoms with van der Waals surface area (Å²) in [6.45, 7) is 3.82. The van der Waals surface area contributed by atoms with Crippen molar-refractivity contribution in [1.82, 2.24) is 15.0 Å². The van der Waals surface area contributed by atoms with Gasteiger partial charge in [0.1, 0.15) is 5.15 Å². The first-order valence-electron chi connectivity index (χ1n) is 4.09. The fourth-order valence-electron chi connectivity index (χ4n) is 1.02. The molecule has 0 saturated heterocycles. The van der Waals surface area contributed by atoms with Crippen molar-refractivity contribution in [3.05, 3.63) is 28.0 Å². The smallest absolute Gasteiger partial charge is 0.190 e. The summed E-state index contributed by atoms with van der Waals surface area (Å²) >= 11 is 7.47. The van der Waals surface area contributed by atoms with E-state index in [1.165, 1.54) is 11.3 Å². The molecule has 2 heterocycles. The molecule has 0 radical (unpaired) electrons. The Balaban J connectivity index is 2.57. The van der Waals surface area contributed by atoms with Crippen molar-refractivity contribution in [2.24, 2.45) is 0 Å². The molecule has 0 aliphatic carbocycles. The molecule has 2 aromatic rings. The first kappa shape index (κ1) is 9.55. The average Bonchev–Trinajstić information content (AvgIpc) is 2.66. The topological polar surface area (TPSA) is 38.7 Å². The van der Waals surface area contributed by atoms with E-state index in [1.54, 1.807) is 6.20 Å². The molecule has 0 unspecified atom stereocenters. The summed E-state index contributed by atoms with van der Waals surface area (Å²) in [5, 5.41) is 3.19. The van der Waals surface area contributed by atoms with Gasteiger partial charge >= 0.3 is 0 Å². The van der Waals surface area contributed by atoms with Crippen molar-refractivity contribution in [3.63, 3.8) is 0 Å². The normalized spacial score (nSPS) is 10.5. The third kappa shape index (κ3) is 1.63. The second-order valence-corrected chi connectivity index (χ2v) is 4.14. The van der Waals surface area contributed by atoms with E-state index in [9.17, 15) is 0 Å². The van der Waals surface area contributed by atoms with Gasteiger partial charge in [-0.2, -0.15) is 0 Å². The van der Waals surface area contributed by atoms with Crippen LogP contribution in [0.3, 0.4) is 0 Å². The van der Waals surface area contributed by atoms with Crippen LogP contribution >= 0.6 is 22.9 Å². The number of rotatable bonds is 1. The molecular formula is C9H8ClN3S. The number of aryl methyl sites for hydroxylation is 1. The predicted molar refractivity (Wildman–Crippen MR) is 57.6 cm³/mol. The van der Waals surface area contributed by atoms with Crippen molar-refractivity contribution >= 4 is 22.9 Å². The van der Waals surface area contributed by atoms with Gasteiger partial charge in [0, 0.05) is 22.8 Å². The van der Waals surface area contributed by atoms with Gasteiger partial charge < -0.3 is 0 Å². The molecule has 0 aliphatic heterocycles. The van der Waals surface area contributed by atoms with Gasteiger partial charge in [-0.1, -0.05) is 11.6 Å². The summed E-state index contributed by atoms with van der Waals surface area (Å²) in [7, 11) is 0. The molecule has 2 rings (SSSR count). The van der Waals surface area contributed by atoms with E-state index in [0.717, 1.165) is 16.3 Å². The van der Waals surface area contributed by atoms with Gasteiger partial charge in [-0.15, -0.1) is 11.3 Å². The molecular weight excluding hydrogens is 218 g/mol. The minimum atomic E-state index is 0.503. The van der Waals surface area contributed by atoms with Crippen molar-refractivity contribution in [1.29, 1.82) is 0 Å². The first-order valence-corrected chi connectivity index (χ1v) is 5.35. The van der Waals surface area contributed by atoms with Crippen LogP contribution in [0.1, 0.15) is 11.3 Å². The quantitative estimate of drug-likeness (QED) is 0.701. The molecule has 0 atom stereocenters. The fraction of sp³-hybridized carbons (Fsp3) is 0.222. The van der Waals surface area contributed by atoms with Crippen LogP contribution in [0.5, 0.6) is 0 Å². The standard InChI is InChI=1S/C9H8ClN3S/c1-5-6(2)12-8(13-7(5)10)9-11-3-4-14-9/h3-4H,1-2H3. The largest absolute Gasteiger partial charge is 0.241 e. The van der Waals surface area contributed by atoms with Crippen LogP contribution in [-0.2, 0) is 0 Å².